The molecule has 1 saturated carbocycles. The highest BCUT2D eigenvalue weighted by molar-refractivity contribution is 7.13. The number of hydrogen-bond acceptors (Lipinski definition) is 6. The highest BCUT2D eigenvalue weighted by Crippen LogP contribution is 2.46. The molecule has 2 heterocycles. The van der Waals surface area contributed by atoms with Crippen LogP contribution in [0.15, 0.2) is 29.8 Å². The molecule has 4 N–H and O–H groups in total. The highest BCUT2D eigenvalue weighted by atomic mass is 32.1. The lowest BCUT2D eigenvalue weighted by atomic mass is 9.86. The molecule has 1 aliphatic carbocycles. The Labute approximate surface area is 193 Å². The molecule has 0 bridgehead atoms. The summed E-state index contributed by atoms with van der Waals surface area (Å²) in [6.45, 7) is 7.82. The van der Waals surface area contributed by atoms with Gasteiger partial charge in [-0.25, -0.2) is 4.98 Å². The molecule has 0 spiro atoms. The van der Waals surface area contributed by atoms with Gasteiger partial charge in [0.1, 0.15) is 6.04 Å². The third-order valence-electron chi connectivity index (χ3n) is 6.62. The Bertz CT molecular complexity index is 1010. The molecular weight excluding hydrogens is 424 g/mol. The van der Waals surface area contributed by atoms with E-state index in [9.17, 15) is 14.7 Å². The van der Waals surface area contributed by atoms with Crippen LogP contribution in [-0.2, 0) is 15.1 Å². The fourth-order valence-corrected chi connectivity index (χ4v) is 5.12. The van der Waals surface area contributed by atoms with Crippen LogP contribution in [0.2, 0.25) is 0 Å². The molecule has 172 valence electrons. The minimum absolute atomic E-state index is 0.136. The molecule has 1 saturated heterocycles. The second kappa shape index (κ2) is 8.24. The van der Waals surface area contributed by atoms with Crippen molar-refractivity contribution in [1.29, 1.82) is 0 Å². The van der Waals surface area contributed by atoms with Gasteiger partial charge in [0.2, 0.25) is 11.8 Å². The molecule has 1 unspecified atom stereocenters. The molecule has 8 heteroatoms. The van der Waals surface area contributed by atoms with Gasteiger partial charge in [0.25, 0.3) is 0 Å². The van der Waals surface area contributed by atoms with Crippen molar-refractivity contribution in [1.82, 2.24) is 15.2 Å². The fraction of sp³-hybridized carbons (Fsp3) is 0.542. The van der Waals surface area contributed by atoms with Gasteiger partial charge in [0, 0.05) is 13.0 Å². The summed E-state index contributed by atoms with van der Waals surface area (Å²) in [6.07, 6.45) is 1.21. The summed E-state index contributed by atoms with van der Waals surface area (Å²) < 4.78 is 0. The Hall–Kier alpha value is -2.29. The van der Waals surface area contributed by atoms with Crippen LogP contribution in [0.5, 0.6) is 0 Å². The molecular formula is C24H32N4O3S. The number of carbonyl (C=O) groups excluding carboxylic acids is 2. The number of benzene rings is 1. The SMILES string of the molecule is Cc1ncsc1-c1ccc(C2(NC(=O)[C@@H]3C[C@@H](O)CN3C(=O)C(N)C(C)(C)C)CC2)cc1. The van der Waals surface area contributed by atoms with E-state index in [-0.39, 0.29) is 24.8 Å². The smallest absolute Gasteiger partial charge is 0.243 e. The van der Waals surface area contributed by atoms with Gasteiger partial charge in [-0.1, -0.05) is 45.0 Å². The van der Waals surface area contributed by atoms with E-state index in [0.29, 0.717) is 0 Å². The summed E-state index contributed by atoms with van der Waals surface area (Å²) in [7, 11) is 0. The third-order valence-corrected chi connectivity index (χ3v) is 7.60. The van der Waals surface area contributed by atoms with Crippen molar-refractivity contribution in [2.45, 2.75) is 70.7 Å². The molecule has 2 aliphatic rings. The number of carbonyl (C=O) groups is 2. The van der Waals surface area contributed by atoms with Crippen molar-refractivity contribution < 1.29 is 14.7 Å². The van der Waals surface area contributed by atoms with Crippen LogP contribution in [0.3, 0.4) is 0 Å². The molecule has 7 nitrogen and oxygen atoms in total. The van der Waals surface area contributed by atoms with Gasteiger partial charge >= 0.3 is 0 Å². The van der Waals surface area contributed by atoms with E-state index in [1.807, 2.05) is 33.2 Å². The number of aliphatic hydroxyl groups is 1. The van der Waals surface area contributed by atoms with E-state index in [2.05, 4.69) is 34.6 Å². The van der Waals surface area contributed by atoms with Gasteiger partial charge in [0.05, 0.1) is 33.8 Å². The summed E-state index contributed by atoms with van der Waals surface area (Å²) in [4.78, 5) is 33.2. The largest absolute Gasteiger partial charge is 0.391 e. The molecule has 4 rings (SSSR count). The Morgan fingerprint density at radius 2 is 1.94 bits per heavy atom. The van der Waals surface area contributed by atoms with E-state index in [1.165, 1.54) is 4.90 Å². The first-order valence-corrected chi connectivity index (χ1v) is 12.0. The number of aromatic nitrogens is 1. The van der Waals surface area contributed by atoms with Gasteiger partial charge in [0.15, 0.2) is 0 Å². The number of nitrogens with two attached hydrogens (primary N) is 1. The quantitative estimate of drug-likeness (QED) is 0.641. The van der Waals surface area contributed by atoms with Crippen molar-refractivity contribution in [3.05, 3.63) is 41.0 Å². The zero-order valence-corrected chi connectivity index (χ0v) is 19.9. The monoisotopic (exact) mass is 456 g/mol. The molecule has 2 fully saturated rings. The second-order valence-electron chi connectivity index (χ2n) is 10.2. The van der Waals surface area contributed by atoms with Crippen molar-refractivity contribution in [2.24, 2.45) is 11.1 Å². The van der Waals surface area contributed by atoms with Crippen LogP contribution in [0.25, 0.3) is 10.4 Å². The Morgan fingerprint density at radius 3 is 2.47 bits per heavy atom. The topological polar surface area (TPSA) is 109 Å². The third kappa shape index (κ3) is 4.31. The van der Waals surface area contributed by atoms with Crippen LogP contribution in [0.4, 0.5) is 0 Å². The first-order chi connectivity index (χ1) is 15.0. The zero-order chi connectivity index (χ0) is 23.3. The number of aliphatic hydroxyl groups excluding tert-OH is 1. The van der Waals surface area contributed by atoms with Crippen molar-refractivity contribution >= 4 is 23.2 Å². The van der Waals surface area contributed by atoms with Gasteiger partial charge in [-0.05, 0) is 36.3 Å². The Kier molecular flexibility index (Phi) is 5.90. The molecule has 1 aromatic heterocycles. The number of nitrogens with one attached hydrogen (secondary N) is 1. The predicted molar refractivity (Wildman–Crippen MR) is 125 cm³/mol. The maximum absolute atomic E-state index is 13.2. The molecule has 1 aromatic carbocycles. The average Bonchev–Trinajstić information content (AvgIpc) is 3.21. The number of aryl methyl sites for hydroxylation is 1. The minimum atomic E-state index is -0.735. The highest BCUT2D eigenvalue weighted by Gasteiger charge is 2.49. The van der Waals surface area contributed by atoms with Crippen LogP contribution in [0.1, 0.15) is 51.3 Å². The molecule has 2 amide bonds. The van der Waals surface area contributed by atoms with Crippen LogP contribution in [-0.4, -0.2) is 51.5 Å². The predicted octanol–water partition coefficient (Wildman–Crippen LogP) is 2.56. The van der Waals surface area contributed by atoms with E-state index >= 15 is 0 Å². The minimum Gasteiger partial charge on any atom is -0.391 e. The Balaban J connectivity index is 1.49. The van der Waals surface area contributed by atoms with E-state index in [4.69, 9.17) is 5.73 Å². The van der Waals surface area contributed by atoms with Crippen LogP contribution in [0, 0.1) is 12.3 Å². The zero-order valence-electron chi connectivity index (χ0n) is 19.1. The van der Waals surface area contributed by atoms with Gasteiger partial charge in [-0.3, -0.25) is 9.59 Å². The van der Waals surface area contributed by atoms with E-state index in [1.54, 1.807) is 11.3 Å². The van der Waals surface area contributed by atoms with Crippen molar-refractivity contribution in [2.75, 3.05) is 6.54 Å². The number of hydrogen-bond donors (Lipinski definition) is 3. The lowest BCUT2D eigenvalue weighted by Crippen LogP contribution is -2.55. The lowest BCUT2D eigenvalue weighted by Gasteiger charge is -2.33. The van der Waals surface area contributed by atoms with Crippen molar-refractivity contribution in [3.8, 4) is 10.4 Å². The summed E-state index contributed by atoms with van der Waals surface area (Å²) in [5.41, 5.74) is 10.4. The maximum atomic E-state index is 13.2. The second-order valence-corrected chi connectivity index (χ2v) is 11.0. The van der Waals surface area contributed by atoms with Crippen LogP contribution >= 0.6 is 11.3 Å². The Morgan fingerprint density at radius 1 is 1.28 bits per heavy atom. The number of likely N-dealkylation sites (tertiary alicyclic amines) is 1. The van der Waals surface area contributed by atoms with Gasteiger partial charge in [-0.15, -0.1) is 11.3 Å². The molecule has 3 atom stereocenters. The normalized spacial score (nSPS) is 23.1. The number of nitrogens with zero attached hydrogens (tertiary/aromatic N) is 2. The molecule has 1 aliphatic heterocycles. The fourth-order valence-electron chi connectivity index (χ4n) is 4.30. The van der Waals surface area contributed by atoms with Crippen molar-refractivity contribution in [3.63, 3.8) is 0 Å². The van der Waals surface area contributed by atoms with E-state index < -0.39 is 29.1 Å². The average molecular weight is 457 g/mol. The van der Waals surface area contributed by atoms with E-state index in [0.717, 1.165) is 34.5 Å². The molecule has 0 radical (unpaired) electrons. The number of β-amino-alcohol motifs (C(OH)–C–C–N with tert-alkyl or cyclic N) is 1. The number of amides is 2. The maximum Gasteiger partial charge on any atom is 0.243 e. The first kappa shape index (κ1) is 22.9. The van der Waals surface area contributed by atoms with Gasteiger partial charge < -0.3 is 21.1 Å². The van der Waals surface area contributed by atoms with Gasteiger partial charge in [-0.2, -0.15) is 0 Å². The summed E-state index contributed by atoms with van der Waals surface area (Å²) in [5.74, 6) is -0.515. The summed E-state index contributed by atoms with van der Waals surface area (Å²) in [6, 6.07) is 6.82. The first-order valence-electron chi connectivity index (χ1n) is 11.1. The lowest BCUT2D eigenvalue weighted by molar-refractivity contribution is -0.141. The number of rotatable bonds is 5. The molecule has 2 aromatic rings. The number of thiazole rings is 1. The molecule has 32 heavy (non-hydrogen) atoms. The standard InChI is InChI=1S/C24H32N4O3S/c1-14-19(32-13-26-14)15-5-7-16(8-6-15)24(9-10-24)27-21(30)18-11-17(29)12-28(18)22(31)20(25)23(2,3)4/h5-8,13,17-18,20,29H,9-12,25H2,1-4H3,(H,27,30)/t17-,18+,20?/m1/s1. The summed E-state index contributed by atoms with van der Waals surface area (Å²) in [5, 5.41) is 13.4. The van der Waals surface area contributed by atoms with Crippen LogP contribution < -0.4 is 11.1 Å². The summed E-state index contributed by atoms with van der Waals surface area (Å²) >= 11 is 1.61.